The Morgan fingerprint density at radius 3 is 2.32 bits per heavy atom. The molecule has 25 heavy (non-hydrogen) atoms. The number of methoxy groups -OCH3 is 2. The Morgan fingerprint density at radius 1 is 1.04 bits per heavy atom. The van der Waals surface area contributed by atoms with Crippen molar-refractivity contribution in [1.82, 2.24) is 0 Å². The first-order valence-corrected chi connectivity index (χ1v) is 8.76. The Bertz CT molecular complexity index is 752. The molecule has 0 spiro atoms. The van der Waals surface area contributed by atoms with Crippen molar-refractivity contribution >= 4 is 23.2 Å². The Morgan fingerprint density at radius 2 is 1.72 bits per heavy atom. The molecule has 1 aliphatic rings. The van der Waals surface area contributed by atoms with Crippen molar-refractivity contribution < 1.29 is 14.3 Å². The van der Waals surface area contributed by atoms with Gasteiger partial charge in [-0.2, -0.15) is 0 Å². The number of benzene rings is 2. The number of amides is 1. The molecule has 2 aromatic carbocycles. The van der Waals surface area contributed by atoms with E-state index >= 15 is 0 Å². The molecule has 132 valence electrons. The maximum atomic E-state index is 13.2. The number of anilines is 1. The Hall–Kier alpha value is -2.20. The maximum absolute atomic E-state index is 13.2. The lowest BCUT2D eigenvalue weighted by molar-refractivity contribution is -0.121. The summed E-state index contributed by atoms with van der Waals surface area (Å²) in [4.78, 5) is 13.2. The highest BCUT2D eigenvalue weighted by Crippen LogP contribution is 2.43. The summed E-state index contributed by atoms with van der Waals surface area (Å²) in [5.41, 5.74) is 1.10. The molecule has 1 N–H and O–H groups in total. The lowest BCUT2D eigenvalue weighted by Gasteiger charge is -2.29. The molecule has 0 unspecified atom stereocenters. The molecular formula is C20H22ClNO3. The van der Waals surface area contributed by atoms with E-state index < -0.39 is 5.41 Å². The number of hydrogen-bond acceptors (Lipinski definition) is 3. The van der Waals surface area contributed by atoms with Crippen molar-refractivity contribution in [1.29, 1.82) is 0 Å². The van der Waals surface area contributed by atoms with Gasteiger partial charge in [0.1, 0.15) is 11.5 Å². The lowest BCUT2D eigenvalue weighted by Crippen LogP contribution is -2.38. The van der Waals surface area contributed by atoms with Crippen LogP contribution in [0.5, 0.6) is 11.5 Å². The highest BCUT2D eigenvalue weighted by molar-refractivity contribution is 6.30. The zero-order valence-electron chi connectivity index (χ0n) is 14.5. The van der Waals surface area contributed by atoms with E-state index in [-0.39, 0.29) is 5.91 Å². The summed E-state index contributed by atoms with van der Waals surface area (Å²) in [5.74, 6) is 1.26. The molecule has 0 bridgehead atoms. The monoisotopic (exact) mass is 359 g/mol. The predicted octanol–water partition coefficient (Wildman–Crippen LogP) is 4.81. The normalized spacial score (nSPS) is 15.6. The summed E-state index contributed by atoms with van der Waals surface area (Å²) >= 11 is 6.02. The van der Waals surface area contributed by atoms with Gasteiger partial charge in [0.15, 0.2) is 0 Å². The zero-order chi connectivity index (χ0) is 17.9. The second-order valence-electron chi connectivity index (χ2n) is 6.32. The van der Waals surface area contributed by atoms with Crippen molar-refractivity contribution in [2.75, 3.05) is 19.5 Å². The third-order valence-corrected chi connectivity index (χ3v) is 5.20. The maximum Gasteiger partial charge on any atom is 0.235 e. The fourth-order valence-electron chi connectivity index (χ4n) is 3.55. The standard InChI is InChI=1S/C20H22ClNO3/c1-24-16-9-10-18(25-2)17(13-16)22-19(23)20(11-3-4-12-20)14-5-7-15(21)8-6-14/h5-10,13H,3-4,11-12H2,1-2H3,(H,22,23). The number of hydrogen-bond donors (Lipinski definition) is 1. The van der Waals surface area contributed by atoms with E-state index in [0.29, 0.717) is 22.2 Å². The fraction of sp³-hybridized carbons (Fsp3) is 0.350. The number of rotatable bonds is 5. The summed E-state index contributed by atoms with van der Waals surface area (Å²) in [6.45, 7) is 0. The van der Waals surface area contributed by atoms with Crippen LogP contribution in [0.4, 0.5) is 5.69 Å². The minimum atomic E-state index is -0.529. The molecule has 1 amide bonds. The summed E-state index contributed by atoms with van der Waals surface area (Å²) in [5, 5.41) is 3.73. The average Bonchev–Trinajstić information content (AvgIpc) is 3.13. The summed E-state index contributed by atoms with van der Waals surface area (Å²) in [6.07, 6.45) is 3.72. The first-order valence-electron chi connectivity index (χ1n) is 8.38. The topological polar surface area (TPSA) is 47.6 Å². The van der Waals surface area contributed by atoms with Crippen LogP contribution in [0.15, 0.2) is 42.5 Å². The van der Waals surface area contributed by atoms with Crippen LogP contribution in [0.3, 0.4) is 0 Å². The SMILES string of the molecule is COc1ccc(OC)c(NC(=O)C2(c3ccc(Cl)cc3)CCCC2)c1. The molecule has 1 aliphatic carbocycles. The molecule has 2 aromatic rings. The minimum Gasteiger partial charge on any atom is -0.497 e. The Balaban J connectivity index is 1.93. The van der Waals surface area contributed by atoms with Gasteiger partial charge < -0.3 is 14.8 Å². The third-order valence-electron chi connectivity index (χ3n) is 4.94. The average molecular weight is 360 g/mol. The zero-order valence-corrected chi connectivity index (χ0v) is 15.2. The van der Waals surface area contributed by atoms with Gasteiger partial charge in [-0.25, -0.2) is 0 Å². The minimum absolute atomic E-state index is 0.0149. The number of carbonyl (C=O) groups is 1. The van der Waals surface area contributed by atoms with E-state index in [0.717, 1.165) is 31.2 Å². The van der Waals surface area contributed by atoms with Crippen LogP contribution in [0.2, 0.25) is 5.02 Å². The van der Waals surface area contributed by atoms with E-state index in [9.17, 15) is 4.79 Å². The Labute approximate surface area is 153 Å². The van der Waals surface area contributed by atoms with Crippen molar-refractivity contribution in [3.63, 3.8) is 0 Å². The molecule has 0 radical (unpaired) electrons. The fourth-order valence-corrected chi connectivity index (χ4v) is 3.67. The van der Waals surface area contributed by atoms with Crippen LogP contribution >= 0.6 is 11.6 Å². The number of ether oxygens (including phenoxy) is 2. The summed E-state index contributed by atoms with van der Waals surface area (Å²) in [7, 11) is 3.18. The number of carbonyl (C=O) groups excluding carboxylic acids is 1. The predicted molar refractivity (Wildman–Crippen MR) is 99.8 cm³/mol. The highest BCUT2D eigenvalue weighted by Gasteiger charge is 2.42. The third kappa shape index (κ3) is 3.45. The lowest BCUT2D eigenvalue weighted by atomic mass is 9.78. The van der Waals surface area contributed by atoms with Gasteiger partial charge in [0, 0.05) is 11.1 Å². The van der Waals surface area contributed by atoms with Crippen LogP contribution in [0.1, 0.15) is 31.2 Å². The van der Waals surface area contributed by atoms with Gasteiger partial charge in [0.05, 0.1) is 25.3 Å². The van der Waals surface area contributed by atoms with Crippen LogP contribution in [0, 0.1) is 0 Å². The van der Waals surface area contributed by atoms with Crippen molar-refractivity contribution in [2.24, 2.45) is 0 Å². The van der Waals surface area contributed by atoms with Crippen LogP contribution in [-0.2, 0) is 10.2 Å². The van der Waals surface area contributed by atoms with Crippen LogP contribution < -0.4 is 14.8 Å². The van der Waals surface area contributed by atoms with Crippen molar-refractivity contribution in [3.05, 3.63) is 53.1 Å². The quantitative estimate of drug-likeness (QED) is 0.833. The molecule has 0 aliphatic heterocycles. The van der Waals surface area contributed by atoms with Gasteiger partial charge in [0.25, 0.3) is 0 Å². The molecule has 0 aromatic heterocycles. The number of halogens is 1. The molecule has 4 nitrogen and oxygen atoms in total. The van der Waals surface area contributed by atoms with E-state index in [2.05, 4.69) is 5.32 Å². The highest BCUT2D eigenvalue weighted by atomic mass is 35.5. The van der Waals surface area contributed by atoms with Gasteiger partial charge >= 0.3 is 0 Å². The van der Waals surface area contributed by atoms with E-state index in [1.54, 1.807) is 32.4 Å². The number of nitrogens with one attached hydrogen (secondary N) is 1. The van der Waals surface area contributed by atoms with Gasteiger partial charge in [-0.15, -0.1) is 0 Å². The molecule has 5 heteroatoms. The molecule has 1 fully saturated rings. The molecule has 0 heterocycles. The second kappa shape index (κ2) is 7.36. The smallest absolute Gasteiger partial charge is 0.235 e. The van der Waals surface area contributed by atoms with Crippen molar-refractivity contribution in [3.8, 4) is 11.5 Å². The Kier molecular flexibility index (Phi) is 5.19. The van der Waals surface area contributed by atoms with Gasteiger partial charge in [-0.05, 0) is 42.7 Å². The summed E-state index contributed by atoms with van der Waals surface area (Å²) in [6, 6.07) is 13.0. The van der Waals surface area contributed by atoms with Crippen molar-refractivity contribution in [2.45, 2.75) is 31.1 Å². The van der Waals surface area contributed by atoms with E-state index in [1.165, 1.54) is 0 Å². The molecule has 3 rings (SSSR count). The molecule has 1 saturated carbocycles. The van der Waals surface area contributed by atoms with Gasteiger partial charge in [0.2, 0.25) is 5.91 Å². The molecular weight excluding hydrogens is 338 g/mol. The van der Waals surface area contributed by atoms with Gasteiger partial charge in [-0.3, -0.25) is 4.79 Å². The van der Waals surface area contributed by atoms with Crippen LogP contribution in [-0.4, -0.2) is 20.1 Å². The second-order valence-corrected chi connectivity index (χ2v) is 6.75. The molecule has 0 saturated heterocycles. The molecule has 0 atom stereocenters. The van der Waals surface area contributed by atoms with Crippen LogP contribution in [0.25, 0.3) is 0 Å². The van der Waals surface area contributed by atoms with E-state index in [1.807, 2.05) is 24.3 Å². The first kappa shape index (κ1) is 17.6. The van der Waals surface area contributed by atoms with Gasteiger partial charge in [-0.1, -0.05) is 36.6 Å². The summed E-state index contributed by atoms with van der Waals surface area (Å²) < 4.78 is 10.6. The largest absolute Gasteiger partial charge is 0.497 e. The van der Waals surface area contributed by atoms with E-state index in [4.69, 9.17) is 21.1 Å². The first-order chi connectivity index (χ1) is 12.1.